The number of nitrogens with zero attached hydrogens (tertiary/aromatic N) is 1. The summed E-state index contributed by atoms with van der Waals surface area (Å²) in [7, 11) is 0. The highest BCUT2D eigenvalue weighted by molar-refractivity contribution is 7.22. The molecule has 0 unspecified atom stereocenters. The molecule has 0 aliphatic rings. The zero-order valence-electron chi connectivity index (χ0n) is 12.9. The zero-order valence-corrected chi connectivity index (χ0v) is 14.5. The normalized spacial score (nSPS) is 11.3. The van der Waals surface area contributed by atoms with E-state index in [1.165, 1.54) is 6.07 Å². The quantitative estimate of drug-likeness (QED) is 0.625. The van der Waals surface area contributed by atoms with Crippen LogP contribution in [0.1, 0.15) is 36.7 Å². The Balaban J connectivity index is 2.22. The lowest BCUT2D eigenvalue weighted by Crippen LogP contribution is -2.25. The number of carbonyl (C=O) groups is 2. The molecular formula is C14H15ClN2O5S. The van der Waals surface area contributed by atoms with E-state index < -0.39 is 17.7 Å². The van der Waals surface area contributed by atoms with Crippen molar-refractivity contribution in [1.82, 2.24) is 4.98 Å². The van der Waals surface area contributed by atoms with Gasteiger partial charge in [0.25, 0.3) is 0 Å². The van der Waals surface area contributed by atoms with Crippen molar-refractivity contribution in [3.63, 3.8) is 0 Å². The van der Waals surface area contributed by atoms with Crippen LogP contribution < -0.4 is 5.48 Å². The Hall–Kier alpha value is -2.06. The van der Waals surface area contributed by atoms with Crippen LogP contribution in [-0.4, -0.2) is 27.8 Å². The number of benzene rings is 1. The predicted molar refractivity (Wildman–Crippen MR) is 87.3 cm³/mol. The minimum Gasteiger partial charge on any atom is -0.478 e. The maximum absolute atomic E-state index is 11.5. The lowest BCUT2D eigenvalue weighted by Gasteiger charge is -2.18. The molecule has 23 heavy (non-hydrogen) atoms. The van der Waals surface area contributed by atoms with Crippen LogP contribution in [0.4, 0.5) is 9.93 Å². The Morgan fingerprint density at radius 2 is 2.04 bits per heavy atom. The topological polar surface area (TPSA) is 97.8 Å². The number of carboxylic acid groups (broad SMARTS) is 1. The van der Waals surface area contributed by atoms with Crippen LogP contribution in [0, 0.1) is 6.92 Å². The number of rotatable bonds is 3. The highest BCUT2D eigenvalue weighted by atomic mass is 35.5. The molecule has 0 bridgehead atoms. The van der Waals surface area contributed by atoms with E-state index in [2.05, 4.69) is 10.5 Å². The smallest absolute Gasteiger partial charge is 0.478 e. The van der Waals surface area contributed by atoms with Gasteiger partial charge in [-0.25, -0.2) is 14.6 Å². The average Bonchev–Trinajstić information content (AvgIpc) is 2.81. The van der Waals surface area contributed by atoms with Crippen molar-refractivity contribution in [2.24, 2.45) is 0 Å². The zero-order chi connectivity index (χ0) is 17.4. The van der Waals surface area contributed by atoms with Crippen molar-refractivity contribution < 1.29 is 24.3 Å². The highest BCUT2D eigenvalue weighted by Crippen LogP contribution is 2.34. The summed E-state index contributed by atoms with van der Waals surface area (Å²) in [6, 6.07) is 1.43. The number of anilines is 1. The van der Waals surface area contributed by atoms with Crippen molar-refractivity contribution in [3.8, 4) is 0 Å². The van der Waals surface area contributed by atoms with Crippen molar-refractivity contribution in [3.05, 3.63) is 22.2 Å². The number of carboxylic acids is 1. The van der Waals surface area contributed by atoms with Crippen molar-refractivity contribution in [2.75, 3.05) is 5.48 Å². The molecule has 7 nitrogen and oxygen atoms in total. The van der Waals surface area contributed by atoms with E-state index in [0.717, 1.165) is 11.3 Å². The van der Waals surface area contributed by atoms with Gasteiger partial charge in [-0.15, -0.1) is 0 Å². The molecule has 1 aromatic heterocycles. The molecule has 2 N–H and O–H groups in total. The first kappa shape index (κ1) is 17.3. The molecule has 0 saturated heterocycles. The summed E-state index contributed by atoms with van der Waals surface area (Å²) in [5.41, 5.74) is 2.81. The van der Waals surface area contributed by atoms with Gasteiger partial charge in [0, 0.05) is 0 Å². The largest absolute Gasteiger partial charge is 0.533 e. The molecule has 0 aliphatic heterocycles. The molecule has 1 heterocycles. The maximum Gasteiger partial charge on any atom is 0.533 e. The minimum absolute atomic E-state index is 0.0000673. The van der Waals surface area contributed by atoms with Gasteiger partial charge in [-0.1, -0.05) is 22.9 Å². The second-order valence-electron chi connectivity index (χ2n) is 5.70. The Morgan fingerprint density at radius 1 is 1.39 bits per heavy atom. The van der Waals surface area contributed by atoms with Crippen LogP contribution in [0.25, 0.3) is 10.2 Å². The van der Waals surface area contributed by atoms with Gasteiger partial charge in [-0.3, -0.25) is 0 Å². The first-order chi connectivity index (χ1) is 10.6. The molecule has 124 valence electrons. The fourth-order valence-corrected chi connectivity index (χ4v) is 2.88. The van der Waals surface area contributed by atoms with Gasteiger partial charge in [-0.05, 0) is 39.3 Å². The van der Waals surface area contributed by atoms with Crippen molar-refractivity contribution in [1.29, 1.82) is 0 Å². The number of ether oxygens (including phenoxy) is 1. The number of aromatic carboxylic acids is 1. The summed E-state index contributed by atoms with van der Waals surface area (Å²) in [6.45, 7) is 6.82. The van der Waals surface area contributed by atoms with Crippen LogP contribution in [0.3, 0.4) is 0 Å². The van der Waals surface area contributed by atoms with Gasteiger partial charge in [0.15, 0.2) is 0 Å². The van der Waals surface area contributed by atoms with Gasteiger partial charge in [0.2, 0.25) is 5.13 Å². The highest BCUT2D eigenvalue weighted by Gasteiger charge is 2.20. The Kier molecular flexibility index (Phi) is 4.67. The van der Waals surface area contributed by atoms with Crippen LogP contribution in [0.15, 0.2) is 6.07 Å². The molecular weight excluding hydrogens is 344 g/mol. The molecule has 0 fully saturated rings. The van der Waals surface area contributed by atoms with E-state index in [1.54, 1.807) is 27.7 Å². The summed E-state index contributed by atoms with van der Waals surface area (Å²) < 4.78 is 5.59. The molecule has 0 radical (unpaired) electrons. The maximum atomic E-state index is 11.5. The molecule has 2 aromatic rings. The SMILES string of the molecule is Cc1c(Cl)c(C(=O)O)cc2sc(NOC(=O)OC(C)(C)C)nc12. The Labute approximate surface area is 141 Å². The molecule has 0 amide bonds. The fraction of sp³-hybridized carbons (Fsp3) is 0.357. The molecule has 2 rings (SSSR count). The third-order valence-electron chi connectivity index (χ3n) is 2.69. The third-order valence-corrected chi connectivity index (χ3v) is 4.08. The van der Waals surface area contributed by atoms with Gasteiger partial charge in [0.1, 0.15) is 5.60 Å². The number of fused-ring (bicyclic) bond motifs is 1. The lowest BCUT2D eigenvalue weighted by molar-refractivity contribution is 0.00297. The first-order valence-corrected chi connectivity index (χ1v) is 7.76. The summed E-state index contributed by atoms with van der Waals surface area (Å²) in [6.07, 6.45) is -0.891. The summed E-state index contributed by atoms with van der Waals surface area (Å²) in [4.78, 5) is 31.7. The second-order valence-corrected chi connectivity index (χ2v) is 7.11. The number of hydrogen-bond acceptors (Lipinski definition) is 7. The summed E-state index contributed by atoms with van der Waals surface area (Å²) in [5.74, 6) is -1.12. The number of thiazole rings is 1. The Bertz CT molecular complexity index is 782. The number of halogens is 1. The van der Waals surface area contributed by atoms with Crippen LogP contribution in [0.2, 0.25) is 5.02 Å². The standard InChI is InChI=1S/C14H15ClN2O5S/c1-6-9(15)7(11(18)19)5-8-10(6)16-12(23-8)17-22-13(20)21-14(2,3)4/h5H,1-4H3,(H,16,17)(H,18,19). The average molecular weight is 359 g/mol. The van der Waals surface area contributed by atoms with E-state index in [4.69, 9.17) is 26.3 Å². The van der Waals surface area contributed by atoms with Gasteiger partial charge in [-0.2, -0.15) is 5.48 Å². The third kappa shape index (κ3) is 4.02. The van der Waals surface area contributed by atoms with E-state index >= 15 is 0 Å². The second kappa shape index (κ2) is 6.21. The summed E-state index contributed by atoms with van der Waals surface area (Å²) >= 11 is 7.17. The monoisotopic (exact) mass is 358 g/mol. The number of hydrogen-bond donors (Lipinski definition) is 2. The molecule has 0 saturated carbocycles. The molecule has 0 aliphatic carbocycles. The summed E-state index contributed by atoms with van der Waals surface area (Å²) in [5, 5.41) is 9.56. The van der Waals surface area contributed by atoms with E-state index in [0.29, 0.717) is 15.8 Å². The molecule has 9 heteroatoms. The number of carbonyl (C=O) groups excluding carboxylic acids is 1. The van der Waals surface area contributed by atoms with E-state index in [1.807, 2.05) is 0 Å². The first-order valence-electron chi connectivity index (χ1n) is 6.57. The van der Waals surface area contributed by atoms with Crippen molar-refractivity contribution in [2.45, 2.75) is 33.3 Å². The Morgan fingerprint density at radius 3 is 2.61 bits per heavy atom. The predicted octanol–water partition coefficient (Wildman–Crippen LogP) is 4.23. The van der Waals surface area contributed by atoms with Crippen LogP contribution >= 0.6 is 22.9 Å². The van der Waals surface area contributed by atoms with Crippen molar-refractivity contribution >= 4 is 50.4 Å². The molecule has 0 atom stereocenters. The van der Waals surface area contributed by atoms with Gasteiger partial charge < -0.3 is 14.7 Å². The van der Waals surface area contributed by atoms with Gasteiger partial charge >= 0.3 is 12.1 Å². The number of aromatic nitrogens is 1. The van der Waals surface area contributed by atoms with E-state index in [-0.39, 0.29) is 15.7 Å². The van der Waals surface area contributed by atoms with Gasteiger partial charge in [0.05, 0.1) is 20.8 Å². The number of aryl methyl sites for hydroxylation is 1. The minimum atomic E-state index is -1.12. The fourth-order valence-electron chi connectivity index (χ4n) is 1.75. The van der Waals surface area contributed by atoms with Crippen LogP contribution in [0.5, 0.6) is 0 Å². The molecule has 1 aromatic carbocycles. The lowest BCUT2D eigenvalue weighted by atomic mass is 10.1. The van der Waals surface area contributed by atoms with E-state index in [9.17, 15) is 9.59 Å². The molecule has 0 spiro atoms. The van der Waals surface area contributed by atoms with Crippen LogP contribution in [-0.2, 0) is 9.57 Å². The number of nitrogens with one attached hydrogen (secondary N) is 1.